The molecule has 1 heterocycles. The summed E-state index contributed by atoms with van der Waals surface area (Å²) in [5, 5.41) is 5.37. The van der Waals surface area contributed by atoms with E-state index >= 15 is 0 Å². The van der Waals surface area contributed by atoms with Crippen LogP contribution in [0.25, 0.3) is 0 Å². The van der Waals surface area contributed by atoms with E-state index < -0.39 is 0 Å². The number of nitrogens with one attached hydrogen (secondary N) is 1. The van der Waals surface area contributed by atoms with Gasteiger partial charge >= 0.3 is 0 Å². The minimum absolute atomic E-state index is 0.142. The molecule has 1 aromatic heterocycles. The topological polar surface area (TPSA) is 15.3 Å². The number of anilines is 1. The quantitative estimate of drug-likeness (QED) is 0.815. The maximum atomic E-state index is 14.4. The lowest BCUT2D eigenvalue weighted by Crippen LogP contribution is -2.24. The fraction of sp³-hybridized carbons (Fsp3) is 0.412. The number of rotatable bonds is 7. The average molecular weight is 306 g/mol. The number of halogens is 1. The van der Waals surface area contributed by atoms with Gasteiger partial charge in [-0.1, -0.05) is 26.0 Å². The highest BCUT2D eigenvalue weighted by molar-refractivity contribution is 7.09. The Labute approximate surface area is 130 Å². The maximum absolute atomic E-state index is 14.4. The van der Waals surface area contributed by atoms with E-state index in [1.54, 1.807) is 17.4 Å². The van der Waals surface area contributed by atoms with E-state index in [0.29, 0.717) is 18.3 Å². The molecule has 0 fully saturated rings. The molecular weight excluding hydrogens is 283 g/mol. The number of nitrogens with zero attached hydrogens (tertiary/aromatic N) is 1. The third kappa shape index (κ3) is 4.55. The second kappa shape index (κ2) is 7.57. The van der Waals surface area contributed by atoms with E-state index in [9.17, 15) is 4.39 Å². The molecule has 0 atom stereocenters. The van der Waals surface area contributed by atoms with Crippen molar-refractivity contribution in [3.63, 3.8) is 0 Å². The predicted octanol–water partition coefficient (Wildman–Crippen LogP) is 4.41. The highest BCUT2D eigenvalue weighted by atomic mass is 32.1. The molecule has 0 saturated carbocycles. The van der Waals surface area contributed by atoms with Crippen LogP contribution in [0.3, 0.4) is 0 Å². The lowest BCUT2D eigenvalue weighted by molar-refractivity contribution is 0.580. The molecule has 1 aromatic carbocycles. The van der Waals surface area contributed by atoms with E-state index in [0.717, 1.165) is 18.7 Å². The second-order valence-corrected chi connectivity index (χ2v) is 6.45. The SMILES string of the molecule is CCN(Cc1cccs1)c1ccc(CNC(C)C)cc1F. The van der Waals surface area contributed by atoms with Crippen LogP contribution in [0.4, 0.5) is 10.1 Å². The van der Waals surface area contributed by atoms with Gasteiger partial charge in [-0.2, -0.15) is 0 Å². The highest BCUT2D eigenvalue weighted by Gasteiger charge is 2.12. The normalized spacial score (nSPS) is 11.1. The Hall–Kier alpha value is -1.39. The molecule has 4 heteroatoms. The Balaban J connectivity index is 2.10. The van der Waals surface area contributed by atoms with Gasteiger partial charge in [-0.05, 0) is 36.1 Å². The van der Waals surface area contributed by atoms with E-state index in [2.05, 4.69) is 42.4 Å². The highest BCUT2D eigenvalue weighted by Crippen LogP contribution is 2.23. The molecule has 0 aliphatic rings. The van der Waals surface area contributed by atoms with Crippen molar-refractivity contribution in [3.05, 3.63) is 52.0 Å². The average Bonchev–Trinajstić information content (AvgIpc) is 2.96. The minimum atomic E-state index is -0.142. The first-order valence-corrected chi connectivity index (χ1v) is 8.27. The summed E-state index contributed by atoms with van der Waals surface area (Å²) in [6.45, 7) is 8.48. The van der Waals surface area contributed by atoms with Crippen molar-refractivity contribution in [3.8, 4) is 0 Å². The maximum Gasteiger partial charge on any atom is 0.146 e. The Morgan fingerprint density at radius 3 is 2.67 bits per heavy atom. The van der Waals surface area contributed by atoms with Gasteiger partial charge in [0.15, 0.2) is 0 Å². The molecule has 21 heavy (non-hydrogen) atoms. The number of hydrogen-bond donors (Lipinski definition) is 1. The molecule has 2 aromatic rings. The lowest BCUT2D eigenvalue weighted by Gasteiger charge is -2.23. The molecule has 0 aliphatic carbocycles. The molecule has 2 nitrogen and oxygen atoms in total. The molecule has 0 bridgehead atoms. The molecule has 0 amide bonds. The Morgan fingerprint density at radius 2 is 2.10 bits per heavy atom. The molecule has 1 N–H and O–H groups in total. The first-order chi connectivity index (χ1) is 10.1. The summed E-state index contributed by atoms with van der Waals surface area (Å²) >= 11 is 1.71. The van der Waals surface area contributed by atoms with Crippen LogP contribution >= 0.6 is 11.3 Å². The largest absolute Gasteiger partial charge is 0.364 e. The van der Waals surface area contributed by atoms with Gasteiger partial charge in [0, 0.05) is 24.0 Å². The van der Waals surface area contributed by atoms with Gasteiger partial charge in [0.1, 0.15) is 5.82 Å². The van der Waals surface area contributed by atoms with Crippen LogP contribution in [0, 0.1) is 5.82 Å². The summed E-state index contributed by atoms with van der Waals surface area (Å²) in [5.41, 5.74) is 1.66. The molecule has 0 unspecified atom stereocenters. The summed E-state index contributed by atoms with van der Waals surface area (Å²) in [5.74, 6) is -0.142. The molecule has 0 spiro atoms. The van der Waals surface area contributed by atoms with Crippen molar-refractivity contribution in [2.45, 2.75) is 39.9 Å². The molecule has 0 aliphatic heterocycles. The first kappa shape index (κ1) is 16.0. The minimum Gasteiger partial charge on any atom is -0.364 e. The van der Waals surface area contributed by atoms with Crippen molar-refractivity contribution in [1.29, 1.82) is 0 Å². The standard InChI is InChI=1S/C17H23FN2S/c1-4-20(12-15-6-5-9-21-15)17-8-7-14(10-16(17)18)11-19-13(2)3/h5-10,13,19H,4,11-12H2,1-3H3. The van der Waals surface area contributed by atoms with Gasteiger partial charge in [-0.25, -0.2) is 4.39 Å². The lowest BCUT2D eigenvalue weighted by atomic mass is 10.1. The zero-order valence-electron chi connectivity index (χ0n) is 12.9. The fourth-order valence-corrected chi connectivity index (χ4v) is 2.92. The number of benzene rings is 1. The number of thiophene rings is 1. The number of hydrogen-bond acceptors (Lipinski definition) is 3. The Kier molecular flexibility index (Phi) is 5.76. The molecular formula is C17H23FN2S. The summed E-state index contributed by atoms with van der Waals surface area (Å²) in [4.78, 5) is 3.32. The van der Waals surface area contributed by atoms with E-state index in [-0.39, 0.29) is 5.82 Å². The third-order valence-corrected chi connectivity index (χ3v) is 4.24. The van der Waals surface area contributed by atoms with Crippen molar-refractivity contribution in [2.75, 3.05) is 11.4 Å². The van der Waals surface area contributed by atoms with Crippen LogP contribution in [0.5, 0.6) is 0 Å². The van der Waals surface area contributed by atoms with Gasteiger partial charge in [0.05, 0.1) is 12.2 Å². The summed E-state index contributed by atoms with van der Waals surface area (Å²) in [6.07, 6.45) is 0. The van der Waals surface area contributed by atoms with Crippen LogP contribution < -0.4 is 10.2 Å². The van der Waals surface area contributed by atoms with Gasteiger partial charge in [0.25, 0.3) is 0 Å². The zero-order valence-corrected chi connectivity index (χ0v) is 13.7. The van der Waals surface area contributed by atoms with Crippen molar-refractivity contribution < 1.29 is 4.39 Å². The van der Waals surface area contributed by atoms with Crippen LogP contribution in [0.15, 0.2) is 35.7 Å². The molecule has 2 rings (SSSR count). The Bertz CT molecular complexity index is 552. The van der Waals surface area contributed by atoms with Crippen LogP contribution in [0.1, 0.15) is 31.2 Å². The molecule has 114 valence electrons. The summed E-state index contributed by atoms with van der Waals surface area (Å²) in [6, 6.07) is 10.1. The fourth-order valence-electron chi connectivity index (χ4n) is 2.20. The van der Waals surface area contributed by atoms with Crippen molar-refractivity contribution in [1.82, 2.24) is 5.32 Å². The van der Waals surface area contributed by atoms with Crippen LogP contribution in [-0.4, -0.2) is 12.6 Å². The van der Waals surface area contributed by atoms with Crippen LogP contribution in [0.2, 0.25) is 0 Å². The van der Waals surface area contributed by atoms with E-state index in [1.807, 2.05) is 18.2 Å². The van der Waals surface area contributed by atoms with Gasteiger partial charge in [-0.15, -0.1) is 11.3 Å². The van der Waals surface area contributed by atoms with Crippen molar-refractivity contribution >= 4 is 17.0 Å². The molecule has 0 saturated heterocycles. The van der Waals surface area contributed by atoms with Gasteiger partial charge < -0.3 is 10.2 Å². The second-order valence-electron chi connectivity index (χ2n) is 5.41. The predicted molar refractivity (Wildman–Crippen MR) is 89.4 cm³/mol. The van der Waals surface area contributed by atoms with Gasteiger partial charge in [0.2, 0.25) is 0 Å². The molecule has 0 radical (unpaired) electrons. The van der Waals surface area contributed by atoms with Gasteiger partial charge in [-0.3, -0.25) is 0 Å². The summed E-state index contributed by atoms with van der Waals surface area (Å²) < 4.78 is 14.4. The zero-order chi connectivity index (χ0) is 15.2. The smallest absolute Gasteiger partial charge is 0.146 e. The first-order valence-electron chi connectivity index (χ1n) is 7.39. The van der Waals surface area contributed by atoms with Crippen molar-refractivity contribution in [2.24, 2.45) is 0 Å². The van der Waals surface area contributed by atoms with E-state index in [1.165, 1.54) is 4.88 Å². The van der Waals surface area contributed by atoms with Crippen LogP contribution in [-0.2, 0) is 13.1 Å². The Morgan fingerprint density at radius 1 is 1.29 bits per heavy atom. The third-order valence-electron chi connectivity index (χ3n) is 3.38. The summed E-state index contributed by atoms with van der Waals surface area (Å²) in [7, 11) is 0. The monoisotopic (exact) mass is 306 g/mol. The van der Waals surface area contributed by atoms with E-state index in [4.69, 9.17) is 0 Å².